The molecule has 4 nitrogen and oxygen atoms in total. The Hall–Kier alpha value is -1.39. The van der Waals surface area contributed by atoms with E-state index in [1.54, 1.807) is 0 Å². The van der Waals surface area contributed by atoms with E-state index in [9.17, 15) is 4.79 Å². The van der Waals surface area contributed by atoms with Gasteiger partial charge >= 0.3 is 0 Å². The summed E-state index contributed by atoms with van der Waals surface area (Å²) in [6.45, 7) is 11.6. The van der Waals surface area contributed by atoms with Gasteiger partial charge in [0.25, 0.3) is 0 Å². The molecule has 1 aliphatic rings. The van der Waals surface area contributed by atoms with Crippen LogP contribution < -0.4 is 5.73 Å². The largest absolute Gasteiger partial charge is 0.338 e. The zero-order valence-electron chi connectivity index (χ0n) is 15.0. The Balaban J connectivity index is 2.03. The lowest BCUT2D eigenvalue weighted by Gasteiger charge is -2.48. The van der Waals surface area contributed by atoms with E-state index in [-0.39, 0.29) is 11.4 Å². The molecule has 1 saturated heterocycles. The maximum Gasteiger partial charge on any atom is 0.242 e. The normalized spacial score (nSPS) is 21.0. The van der Waals surface area contributed by atoms with E-state index >= 15 is 0 Å². The molecular formula is C19H31N3O. The summed E-state index contributed by atoms with van der Waals surface area (Å²) in [7, 11) is 0. The Labute approximate surface area is 140 Å². The van der Waals surface area contributed by atoms with Crippen molar-refractivity contribution in [2.24, 2.45) is 5.73 Å². The number of nitrogens with two attached hydrogens (primary N) is 1. The SMILES string of the molecule is CCCC(C)(N)C(=O)N1CCN(Cc2ccccc2)C(C)(C)C1. The van der Waals surface area contributed by atoms with Gasteiger partial charge < -0.3 is 10.6 Å². The van der Waals surface area contributed by atoms with Crippen molar-refractivity contribution in [1.29, 1.82) is 0 Å². The molecule has 0 aromatic heterocycles. The minimum Gasteiger partial charge on any atom is -0.338 e. The molecule has 0 bridgehead atoms. The lowest BCUT2D eigenvalue weighted by molar-refractivity contribution is -0.142. The molecular weight excluding hydrogens is 286 g/mol. The van der Waals surface area contributed by atoms with E-state index in [0.29, 0.717) is 0 Å². The highest BCUT2D eigenvalue weighted by Gasteiger charge is 2.39. The molecule has 1 aliphatic heterocycles. The summed E-state index contributed by atoms with van der Waals surface area (Å²) in [4.78, 5) is 17.2. The van der Waals surface area contributed by atoms with E-state index in [4.69, 9.17) is 5.73 Å². The Kier molecular flexibility index (Phi) is 5.48. The number of hydrogen-bond acceptors (Lipinski definition) is 3. The molecule has 128 valence electrons. The Morgan fingerprint density at radius 3 is 2.48 bits per heavy atom. The van der Waals surface area contributed by atoms with Gasteiger partial charge in [0.15, 0.2) is 0 Å². The fourth-order valence-electron chi connectivity index (χ4n) is 3.45. The zero-order chi connectivity index (χ0) is 17.1. The van der Waals surface area contributed by atoms with Crippen LogP contribution in [0.25, 0.3) is 0 Å². The van der Waals surface area contributed by atoms with Crippen molar-refractivity contribution in [3.05, 3.63) is 35.9 Å². The average Bonchev–Trinajstić information content (AvgIpc) is 2.49. The van der Waals surface area contributed by atoms with E-state index in [0.717, 1.165) is 39.0 Å². The Morgan fingerprint density at radius 1 is 1.26 bits per heavy atom. The number of carbonyl (C=O) groups is 1. The molecule has 1 atom stereocenters. The molecule has 1 unspecified atom stereocenters. The summed E-state index contributed by atoms with van der Waals surface area (Å²) in [6.07, 6.45) is 1.66. The van der Waals surface area contributed by atoms with Crippen molar-refractivity contribution in [3.63, 3.8) is 0 Å². The van der Waals surface area contributed by atoms with Crippen molar-refractivity contribution >= 4 is 5.91 Å². The Bertz CT molecular complexity index is 525. The summed E-state index contributed by atoms with van der Waals surface area (Å²) < 4.78 is 0. The third-order valence-corrected chi connectivity index (χ3v) is 4.84. The van der Waals surface area contributed by atoms with Gasteiger partial charge in [-0.1, -0.05) is 43.7 Å². The van der Waals surface area contributed by atoms with Gasteiger partial charge in [0, 0.05) is 31.7 Å². The van der Waals surface area contributed by atoms with Gasteiger partial charge in [-0.15, -0.1) is 0 Å². The topological polar surface area (TPSA) is 49.6 Å². The summed E-state index contributed by atoms with van der Waals surface area (Å²) in [5.74, 6) is 0.0896. The van der Waals surface area contributed by atoms with Crippen molar-refractivity contribution < 1.29 is 4.79 Å². The van der Waals surface area contributed by atoms with Gasteiger partial charge in [-0.3, -0.25) is 9.69 Å². The standard InChI is InChI=1S/C19H31N3O/c1-5-11-19(4,20)17(23)21-12-13-22(18(2,3)15-21)14-16-9-7-6-8-10-16/h6-10H,5,11-15,20H2,1-4H3. The molecule has 4 heteroatoms. The fourth-order valence-corrected chi connectivity index (χ4v) is 3.45. The second-order valence-electron chi connectivity index (χ2n) is 7.61. The van der Waals surface area contributed by atoms with Gasteiger partial charge in [-0.05, 0) is 32.8 Å². The highest BCUT2D eigenvalue weighted by Crippen LogP contribution is 2.25. The minimum absolute atomic E-state index is 0.0496. The van der Waals surface area contributed by atoms with Crippen LogP contribution in [0.15, 0.2) is 30.3 Å². The number of amides is 1. The summed E-state index contributed by atoms with van der Waals surface area (Å²) in [5.41, 5.74) is 6.77. The molecule has 0 spiro atoms. The molecule has 2 N–H and O–H groups in total. The number of hydrogen-bond donors (Lipinski definition) is 1. The van der Waals surface area contributed by atoms with Crippen LogP contribution >= 0.6 is 0 Å². The third-order valence-electron chi connectivity index (χ3n) is 4.84. The van der Waals surface area contributed by atoms with Gasteiger partial charge in [0.05, 0.1) is 5.54 Å². The average molecular weight is 317 g/mol. The number of piperazine rings is 1. The molecule has 0 radical (unpaired) electrons. The first-order valence-electron chi connectivity index (χ1n) is 8.63. The van der Waals surface area contributed by atoms with Gasteiger partial charge in [-0.2, -0.15) is 0 Å². The quantitative estimate of drug-likeness (QED) is 0.908. The first-order chi connectivity index (χ1) is 10.8. The summed E-state index contributed by atoms with van der Waals surface area (Å²) in [5, 5.41) is 0. The van der Waals surface area contributed by atoms with Crippen molar-refractivity contribution in [1.82, 2.24) is 9.80 Å². The maximum atomic E-state index is 12.7. The molecule has 1 aromatic rings. The maximum absolute atomic E-state index is 12.7. The van der Waals surface area contributed by atoms with Crippen LogP contribution in [0.5, 0.6) is 0 Å². The first kappa shape index (κ1) is 18.0. The molecule has 2 rings (SSSR count). The highest BCUT2D eigenvalue weighted by atomic mass is 16.2. The molecule has 0 saturated carbocycles. The van der Waals surface area contributed by atoms with Crippen LogP contribution in [0.2, 0.25) is 0 Å². The lowest BCUT2D eigenvalue weighted by atomic mass is 9.92. The lowest BCUT2D eigenvalue weighted by Crippen LogP contribution is -2.64. The number of rotatable bonds is 5. The van der Waals surface area contributed by atoms with Gasteiger partial charge in [0.1, 0.15) is 0 Å². The third kappa shape index (κ3) is 4.33. The van der Waals surface area contributed by atoms with Crippen LogP contribution in [0.4, 0.5) is 0 Å². The van der Waals surface area contributed by atoms with Crippen molar-refractivity contribution in [2.75, 3.05) is 19.6 Å². The summed E-state index contributed by atoms with van der Waals surface area (Å²) >= 11 is 0. The fraction of sp³-hybridized carbons (Fsp3) is 0.632. The molecule has 1 aromatic carbocycles. The van der Waals surface area contributed by atoms with Crippen LogP contribution in [-0.2, 0) is 11.3 Å². The molecule has 1 heterocycles. The zero-order valence-corrected chi connectivity index (χ0v) is 15.0. The Morgan fingerprint density at radius 2 is 1.91 bits per heavy atom. The van der Waals surface area contributed by atoms with E-state index < -0.39 is 5.54 Å². The van der Waals surface area contributed by atoms with Crippen LogP contribution in [-0.4, -0.2) is 46.4 Å². The minimum atomic E-state index is -0.744. The van der Waals surface area contributed by atoms with E-state index in [1.807, 2.05) is 17.9 Å². The molecule has 23 heavy (non-hydrogen) atoms. The predicted octanol–water partition coefficient (Wildman–Crippen LogP) is 2.63. The highest BCUT2D eigenvalue weighted by molar-refractivity contribution is 5.85. The monoisotopic (exact) mass is 317 g/mol. The smallest absolute Gasteiger partial charge is 0.242 e. The summed E-state index contributed by atoms with van der Waals surface area (Å²) in [6, 6.07) is 10.5. The van der Waals surface area contributed by atoms with Gasteiger partial charge in [0.2, 0.25) is 5.91 Å². The molecule has 1 fully saturated rings. The van der Waals surface area contributed by atoms with Crippen molar-refractivity contribution in [2.45, 2.75) is 58.2 Å². The second-order valence-corrected chi connectivity index (χ2v) is 7.61. The van der Waals surface area contributed by atoms with E-state index in [2.05, 4.69) is 49.9 Å². The first-order valence-corrected chi connectivity index (χ1v) is 8.63. The molecule has 0 aliphatic carbocycles. The van der Waals surface area contributed by atoms with Crippen molar-refractivity contribution in [3.8, 4) is 0 Å². The van der Waals surface area contributed by atoms with Crippen LogP contribution in [0.3, 0.4) is 0 Å². The number of benzene rings is 1. The van der Waals surface area contributed by atoms with Gasteiger partial charge in [-0.25, -0.2) is 0 Å². The van der Waals surface area contributed by atoms with Crippen LogP contribution in [0.1, 0.15) is 46.1 Å². The second kappa shape index (κ2) is 7.02. The van der Waals surface area contributed by atoms with Crippen LogP contribution in [0, 0.1) is 0 Å². The number of carbonyl (C=O) groups excluding carboxylic acids is 1. The molecule has 1 amide bonds. The predicted molar refractivity (Wildman–Crippen MR) is 95.0 cm³/mol. The number of nitrogens with zero attached hydrogens (tertiary/aromatic N) is 2. The van der Waals surface area contributed by atoms with E-state index in [1.165, 1.54) is 5.56 Å².